The molecule has 7 heteroatoms. The average Bonchev–Trinajstić information content (AvgIpc) is 2.43. The van der Waals surface area contributed by atoms with E-state index in [1.807, 2.05) is 24.3 Å². The van der Waals surface area contributed by atoms with Crippen LogP contribution in [-0.4, -0.2) is 44.4 Å². The topological polar surface area (TPSA) is 102 Å². The van der Waals surface area contributed by atoms with Crippen LogP contribution in [0.4, 0.5) is 10.5 Å². The molecule has 0 saturated carbocycles. The molecule has 1 aromatic carbocycles. The van der Waals surface area contributed by atoms with Crippen LogP contribution in [-0.2, 0) is 6.42 Å². The van der Waals surface area contributed by atoms with Gasteiger partial charge in [-0.05, 0) is 37.0 Å². The zero-order valence-corrected chi connectivity index (χ0v) is 12.6. The van der Waals surface area contributed by atoms with Crippen LogP contribution in [0.5, 0.6) is 0 Å². The maximum absolute atomic E-state index is 10.4. The third-order valence-corrected chi connectivity index (χ3v) is 5.38. The Kier molecular flexibility index (Phi) is 5.33. The van der Waals surface area contributed by atoms with Gasteiger partial charge in [-0.25, -0.2) is 4.79 Å². The molecule has 0 radical (unpaired) electrons. The van der Waals surface area contributed by atoms with Gasteiger partial charge in [0.2, 0.25) is 0 Å². The minimum absolute atomic E-state index is 0.282. The molecule has 1 aliphatic rings. The summed E-state index contributed by atoms with van der Waals surface area (Å²) in [5.74, 6) is 0.952. The van der Waals surface area contributed by atoms with Crippen molar-refractivity contribution in [1.29, 1.82) is 0 Å². The summed E-state index contributed by atoms with van der Waals surface area (Å²) in [6.45, 7) is 0.405. The lowest BCUT2D eigenvalue weighted by Gasteiger charge is -2.39. The summed E-state index contributed by atoms with van der Waals surface area (Å²) < 4.78 is 19.2. The number of hydrogen-bond donors (Lipinski definition) is 5. The number of hydrogen-bond acceptors (Lipinski definition) is 4. The molecule has 21 heavy (non-hydrogen) atoms. The summed E-state index contributed by atoms with van der Waals surface area (Å²) in [4.78, 5) is 10.4. The first-order valence-corrected chi connectivity index (χ1v) is 8.89. The standard InChI is InChI=1S/C14H22N2O4S/c17-14(18)15-8-5-11-1-3-12(4-2-11)16-13-6-9-21(19,20)10-7-13/h1-4,13,15-16,19-20H,5-10H2,(H,17,18). The lowest BCUT2D eigenvalue weighted by Crippen LogP contribution is -2.30. The molecule has 0 aliphatic carbocycles. The molecule has 0 aromatic heterocycles. The van der Waals surface area contributed by atoms with Crippen LogP contribution in [0.15, 0.2) is 24.3 Å². The minimum Gasteiger partial charge on any atom is -0.465 e. The van der Waals surface area contributed by atoms with E-state index in [-0.39, 0.29) is 6.04 Å². The van der Waals surface area contributed by atoms with Gasteiger partial charge in [0.1, 0.15) is 0 Å². The number of carboxylic acid groups (broad SMARTS) is 1. The Morgan fingerprint density at radius 2 is 1.81 bits per heavy atom. The van der Waals surface area contributed by atoms with E-state index in [4.69, 9.17) is 5.11 Å². The molecule has 118 valence electrons. The molecule has 5 N–H and O–H groups in total. The number of amides is 1. The number of carbonyl (C=O) groups is 1. The van der Waals surface area contributed by atoms with Crippen LogP contribution in [0, 0.1) is 0 Å². The Hall–Kier alpha value is -1.44. The van der Waals surface area contributed by atoms with Gasteiger partial charge in [-0.15, -0.1) is 0 Å². The van der Waals surface area contributed by atoms with Gasteiger partial charge >= 0.3 is 6.09 Å². The Morgan fingerprint density at radius 3 is 2.38 bits per heavy atom. The van der Waals surface area contributed by atoms with Gasteiger partial charge in [-0.3, -0.25) is 9.11 Å². The van der Waals surface area contributed by atoms with Crippen molar-refractivity contribution in [3.63, 3.8) is 0 Å². The SMILES string of the molecule is O=C(O)NCCc1ccc(NC2CCS(O)(O)CC2)cc1. The van der Waals surface area contributed by atoms with Gasteiger partial charge in [0.05, 0.1) is 0 Å². The molecular weight excluding hydrogens is 292 g/mol. The van der Waals surface area contributed by atoms with E-state index in [0.717, 1.165) is 24.1 Å². The summed E-state index contributed by atoms with van der Waals surface area (Å²) >= 11 is 0. The van der Waals surface area contributed by atoms with Gasteiger partial charge in [-0.1, -0.05) is 12.1 Å². The molecule has 1 aliphatic heterocycles. The molecule has 2 rings (SSSR count). The zero-order valence-electron chi connectivity index (χ0n) is 11.8. The smallest absolute Gasteiger partial charge is 0.404 e. The van der Waals surface area contributed by atoms with Gasteiger partial charge in [-0.2, -0.15) is 10.6 Å². The molecule has 0 unspecified atom stereocenters. The van der Waals surface area contributed by atoms with E-state index in [1.54, 1.807) is 0 Å². The van der Waals surface area contributed by atoms with Crippen LogP contribution in [0.1, 0.15) is 18.4 Å². The molecule has 0 spiro atoms. The average molecular weight is 314 g/mol. The van der Waals surface area contributed by atoms with Gasteiger partial charge in [0.15, 0.2) is 0 Å². The Bertz CT molecular complexity index is 468. The molecule has 6 nitrogen and oxygen atoms in total. The molecule has 1 aromatic rings. The fourth-order valence-electron chi connectivity index (χ4n) is 2.37. The molecule has 1 saturated heterocycles. The second kappa shape index (κ2) is 7.02. The van der Waals surface area contributed by atoms with E-state index in [1.165, 1.54) is 0 Å². The predicted molar refractivity (Wildman–Crippen MR) is 85.4 cm³/mol. The molecule has 0 bridgehead atoms. The van der Waals surface area contributed by atoms with E-state index >= 15 is 0 Å². The third kappa shape index (κ3) is 5.45. The van der Waals surface area contributed by atoms with Crippen molar-refractivity contribution in [2.45, 2.75) is 25.3 Å². The monoisotopic (exact) mass is 314 g/mol. The van der Waals surface area contributed by atoms with Gasteiger partial charge in [0.25, 0.3) is 0 Å². The lowest BCUT2D eigenvalue weighted by atomic mass is 10.1. The highest BCUT2D eigenvalue weighted by atomic mass is 32.3. The maximum atomic E-state index is 10.4. The van der Waals surface area contributed by atoms with Crippen molar-refractivity contribution in [1.82, 2.24) is 5.32 Å². The Morgan fingerprint density at radius 1 is 1.19 bits per heavy atom. The van der Waals surface area contributed by atoms with Crippen molar-refractivity contribution in [3.8, 4) is 0 Å². The fourth-order valence-corrected chi connectivity index (χ4v) is 3.90. The fraction of sp³-hybridized carbons (Fsp3) is 0.500. The van der Waals surface area contributed by atoms with Crippen LogP contribution in [0.25, 0.3) is 0 Å². The second-order valence-electron chi connectivity index (χ2n) is 5.31. The first kappa shape index (κ1) is 15.9. The molecule has 1 fully saturated rings. The molecule has 1 heterocycles. The van der Waals surface area contributed by atoms with Crippen molar-refractivity contribution in [3.05, 3.63) is 29.8 Å². The summed E-state index contributed by atoms with van der Waals surface area (Å²) in [6, 6.07) is 8.18. The summed E-state index contributed by atoms with van der Waals surface area (Å²) in [6.07, 6.45) is 1.20. The summed E-state index contributed by atoms with van der Waals surface area (Å²) in [5.41, 5.74) is 2.08. The van der Waals surface area contributed by atoms with Crippen molar-refractivity contribution >= 4 is 22.4 Å². The minimum atomic E-state index is -2.33. The molecule has 0 atom stereocenters. The lowest BCUT2D eigenvalue weighted by molar-refractivity contribution is 0.194. The van der Waals surface area contributed by atoms with Crippen molar-refractivity contribution < 1.29 is 19.0 Å². The third-order valence-electron chi connectivity index (χ3n) is 3.60. The first-order valence-electron chi connectivity index (χ1n) is 7.00. The number of rotatable bonds is 5. The quantitative estimate of drug-likeness (QED) is 0.575. The maximum Gasteiger partial charge on any atom is 0.404 e. The van der Waals surface area contributed by atoms with E-state index in [2.05, 4.69) is 10.6 Å². The van der Waals surface area contributed by atoms with Gasteiger partial charge < -0.3 is 15.7 Å². The molecule has 1 amide bonds. The summed E-state index contributed by atoms with van der Waals surface area (Å²) in [7, 11) is -2.33. The van der Waals surface area contributed by atoms with Crippen LogP contribution >= 0.6 is 10.6 Å². The van der Waals surface area contributed by atoms with Gasteiger partial charge in [0, 0.05) is 29.8 Å². The van der Waals surface area contributed by atoms with Crippen molar-refractivity contribution in [2.75, 3.05) is 23.4 Å². The van der Waals surface area contributed by atoms with Crippen molar-refractivity contribution in [2.24, 2.45) is 0 Å². The normalized spacial score (nSPS) is 19.7. The predicted octanol–water partition coefficient (Wildman–Crippen LogP) is 2.82. The highest BCUT2D eigenvalue weighted by Crippen LogP contribution is 2.44. The van der Waals surface area contributed by atoms with E-state index in [9.17, 15) is 13.9 Å². The van der Waals surface area contributed by atoms with Crippen LogP contribution in [0.3, 0.4) is 0 Å². The highest BCUT2D eigenvalue weighted by molar-refractivity contribution is 8.24. The second-order valence-corrected chi connectivity index (χ2v) is 7.73. The molecular formula is C14H22N2O4S. The Labute approximate surface area is 125 Å². The van der Waals surface area contributed by atoms with Crippen LogP contribution in [0.2, 0.25) is 0 Å². The Balaban J connectivity index is 1.78. The largest absolute Gasteiger partial charge is 0.465 e. The summed E-state index contributed by atoms with van der Waals surface area (Å²) in [5, 5.41) is 14.2. The van der Waals surface area contributed by atoms with E-state index in [0.29, 0.717) is 24.5 Å². The first-order chi connectivity index (χ1) is 9.94. The zero-order chi connectivity index (χ0) is 15.3. The number of anilines is 1. The number of benzene rings is 1. The highest BCUT2D eigenvalue weighted by Gasteiger charge is 2.23. The van der Waals surface area contributed by atoms with Crippen LogP contribution < -0.4 is 10.6 Å². The van der Waals surface area contributed by atoms with E-state index < -0.39 is 16.7 Å². The number of nitrogens with one attached hydrogen (secondary N) is 2.